The molecular weight excluding hydrogens is 233 g/mol. The molecule has 0 radical (unpaired) electrons. The molecule has 100 valence electrons. The molecule has 1 rings (SSSR count). The first-order valence-corrected chi connectivity index (χ1v) is 6.26. The van der Waals surface area contributed by atoms with Gasteiger partial charge in [0.25, 0.3) is 0 Å². The minimum Gasteiger partial charge on any atom is -0.481 e. The molecule has 1 aromatic rings. The number of carboxylic acid groups (broad SMARTS) is 1. The third-order valence-corrected chi connectivity index (χ3v) is 3.34. The summed E-state index contributed by atoms with van der Waals surface area (Å²) in [6.45, 7) is 2.03. The molecular formula is C14H20FNO2. The van der Waals surface area contributed by atoms with Gasteiger partial charge in [-0.15, -0.1) is 0 Å². The molecule has 3 N–H and O–H groups in total. The molecule has 0 aliphatic rings. The Labute approximate surface area is 107 Å². The van der Waals surface area contributed by atoms with Crippen LogP contribution in [0.4, 0.5) is 4.39 Å². The molecule has 0 aromatic heterocycles. The quantitative estimate of drug-likeness (QED) is 0.734. The molecule has 0 aliphatic heterocycles. The fourth-order valence-electron chi connectivity index (χ4n) is 2.14. The van der Waals surface area contributed by atoms with E-state index in [0.29, 0.717) is 12.0 Å². The summed E-state index contributed by atoms with van der Waals surface area (Å²) < 4.78 is 13.3. The topological polar surface area (TPSA) is 63.3 Å². The molecule has 0 saturated carbocycles. The van der Waals surface area contributed by atoms with Crippen LogP contribution in [0.3, 0.4) is 0 Å². The minimum absolute atomic E-state index is 0.0184. The molecule has 0 fully saturated rings. The van der Waals surface area contributed by atoms with Gasteiger partial charge in [0, 0.05) is 6.54 Å². The number of benzene rings is 1. The molecule has 1 unspecified atom stereocenters. The lowest BCUT2D eigenvalue weighted by atomic mass is 9.76. The van der Waals surface area contributed by atoms with E-state index in [0.717, 1.165) is 19.3 Å². The molecule has 0 bridgehead atoms. The van der Waals surface area contributed by atoms with Crippen LogP contribution < -0.4 is 5.73 Å². The average molecular weight is 253 g/mol. The van der Waals surface area contributed by atoms with Crippen molar-refractivity contribution in [1.82, 2.24) is 0 Å². The third-order valence-electron chi connectivity index (χ3n) is 3.34. The van der Waals surface area contributed by atoms with Crippen LogP contribution >= 0.6 is 0 Å². The summed E-state index contributed by atoms with van der Waals surface area (Å²) in [5.41, 5.74) is 4.95. The maximum atomic E-state index is 13.3. The lowest BCUT2D eigenvalue weighted by Crippen LogP contribution is -2.43. The first-order valence-electron chi connectivity index (χ1n) is 6.26. The van der Waals surface area contributed by atoms with Gasteiger partial charge in [-0.1, -0.05) is 38.3 Å². The maximum Gasteiger partial charge on any atom is 0.315 e. The van der Waals surface area contributed by atoms with Gasteiger partial charge in [-0.25, -0.2) is 4.39 Å². The van der Waals surface area contributed by atoms with Crippen molar-refractivity contribution in [3.8, 4) is 0 Å². The van der Waals surface area contributed by atoms with Crippen molar-refractivity contribution in [2.24, 2.45) is 5.73 Å². The van der Waals surface area contributed by atoms with E-state index in [-0.39, 0.29) is 6.54 Å². The number of halogens is 1. The Bertz CT molecular complexity index is 409. The van der Waals surface area contributed by atoms with Crippen molar-refractivity contribution in [2.45, 2.75) is 38.0 Å². The van der Waals surface area contributed by atoms with Crippen molar-refractivity contribution in [2.75, 3.05) is 6.54 Å². The molecule has 0 spiro atoms. The largest absolute Gasteiger partial charge is 0.481 e. The second-order valence-corrected chi connectivity index (χ2v) is 4.56. The highest BCUT2D eigenvalue weighted by Crippen LogP contribution is 2.30. The average Bonchev–Trinajstić information content (AvgIpc) is 2.34. The summed E-state index contributed by atoms with van der Waals surface area (Å²) in [6.07, 6.45) is 3.17. The number of unbranched alkanes of at least 4 members (excludes halogenated alkanes) is 2. The predicted octanol–water partition coefficient (Wildman–Crippen LogP) is 2.69. The van der Waals surface area contributed by atoms with Gasteiger partial charge in [0.15, 0.2) is 0 Å². The molecule has 0 heterocycles. The lowest BCUT2D eigenvalue weighted by molar-refractivity contribution is -0.143. The van der Waals surface area contributed by atoms with Gasteiger partial charge in [0.1, 0.15) is 11.2 Å². The summed E-state index contributed by atoms with van der Waals surface area (Å²) >= 11 is 0. The first kappa shape index (κ1) is 14.6. The number of rotatable bonds is 7. The number of nitrogens with two attached hydrogens (primary N) is 1. The number of aliphatic carboxylic acids is 1. The molecule has 3 nitrogen and oxygen atoms in total. The summed E-state index contributed by atoms with van der Waals surface area (Å²) in [7, 11) is 0. The summed E-state index contributed by atoms with van der Waals surface area (Å²) in [4.78, 5) is 11.6. The normalized spacial score (nSPS) is 14.2. The molecule has 1 atom stereocenters. The third kappa shape index (κ3) is 3.07. The highest BCUT2D eigenvalue weighted by atomic mass is 19.1. The monoisotopic (exact) mass is 253 g/mol. The van der Waals surface area contributed by atoms with Gasteiger partial charge in [0.05, 0.1) is 0 Å². The van der Waals surface area contributed by atoms with Crippen molar-refractivity contribution in [3.05, 3.63) is 35.6 Å². The Balaban J connectivity index is 3.06. The summed E-state index contributed by atoms with van der Waals surface area (Å²) in [5.74, 6) is -1.41. The van der Waals surface area contributed by atoms with Gasteiger partial charge in [0.2, 0.25) is 0 Å². The van der Waals surface area contributed by atoms with Gasteiger partial charge in [-0.2, -0.15) is 0 Å². The van der Waals surface area contributed by atoms with Gasteiger partial charge in [-0.05, 0) is 24.1 Å². The van der Waals surface area contributed by atoms with Crippen molar-refractivity contribution in [1.29, 1.82) is 0 Å². The Morgan fingerprint density at radius 2 is 2.17 bits per heavy atom. The van der Waals surface area contributed by atoms with Crippen LogP contribution in [-0.4, -0.2) is 17.6 Å². The Morgan fingerprint density at radius 1 is 1.44 bits per heavy atom. The Kier molecular flexibility index (Phi) is 5.28. The molecule has 0 saturated heterocycles. The Morgan fingerprint density at radius 3 is 2.67 bits per heavy atom. The van der Waals surface area contributed by atoms with Gasteiger partial charge in [-0.3, -0.25) is 4.79 Å². The molecule has 0 aliphatic carbocycles. The van der Waals surface area contributed by atoms with E-state index in [1.807, 2.05) is 6.92 Å². The highest BCUT2D eigenvalue weighted by molar-refractivity contribution is 5.81. The number of hydrogen-bond donors (Lipinski definition) is 2. The van der Waals surface area contributed by atoms with E-state index in [1.54, 1.807) is 6.07 Å². The van der Waals surface area contributed by atoms with Crippen LogP contribution in [-0.2, 0) is 10.2 Å². The van der Waals surface area contributed by atoms with Crippen LogP contribution in [0, 0.1) is 5.82 Å². The van der Waals surface area contributed by atoms with Crippen LogP contribution in [0.1, 0.15) is 38.2 Å². The van der Waals surface area contributed by atoms with Crippen LogP contribution in [0.25, 0.3) is 0 Å². The lowest BCUT2D eigenvalue weighted by Gasteiger charge is -2.28. The van der Waals surface area contributed by atoms with Crippen LogP contribution in [0.15, 0.2) is 24.3 Å². The minimum atomic E-state index is -1.17. The molecule has 1 aromatic carbocycles. The van der Waals surface area contributed by atoms with Crippen molar-refractivity contribution < 1.29 is 14.3 Å². The van der Waals surface area contributed by atoms with Crippen molar-refractivity contribution >= 4 is 5.97 Å². The van der Waals surface area contributed by atoms with Gasteiger partial charge < -0.3 is 10.8 Å². The van der Waals surface area contributed by atoms with E-state index in [2.05, 4.69) is 0 Å². The first-order chi connectivity index (χ1) is 8.56. The fourth-order valence-corrected chi connectivity index (χ4v) is 2.14. The second-order valence-electron chi connectivity index (χ2n) is 4.56. The van der Waals surface area contributed by atoms with E-state index in [9.17, 15) is 14.3 Å². The van der Waals surface area contributed by atoms with Crippen molar-refractivity contribution in [3.63, 3.8) is 0 Å². The highest BCUT2D eigenvalue weighted by Gasteiger charge is 2.38. The smallest absolute Gasteiger partial charge is 0.315 e. The Hall–Kier alpha value is -1.42. The SMILES string of the molecule is CCCCCC(CN)(C(=O)O)c1cccc(F)c1. The second kappa shape index (κ2) is 6.50. The fraction of sp³-hybridized carbons (Fsp3) is 0.500. The molecule has 0 amide bonds. The predicted molar refractivity (Wildman–Crippen MR) is 68.9 cm³/mol. The molecule has 18 heavy (non-hydrogen) atoms. The van der Waals surface area contributed by atoms with Crippen LogP contribution in [0.2, 0.25) is 0 Å². The number of hydrogen-bond acceptors (Lipinski definition) is 2. The maximum absolute atomic E-state index is 13.3. The summed E-state index contributed by atoms with van der Waals surface area (Å²) in [6, 6.07) is 5.74. The van der Waals surface area contributed by atoms with Crippen LogP contribution in [0.5, 0.6) is 0 Å². The molecule has 4 heteroatoms. The zero-order chi connectivity index (χ0) is 13.6. The number of carbonyl (C=O) groups is 1. The van der Waals surface area contributed by atoms with E-state index in [4.69, 9.17) is 5.73 Å². The summed E-state index contributed by atoms with van der Waals surface area (Å²) in [5, 5.41) is 9.46. The number of carboxylic acids is 1. The van der Waals surface area contributed by atoms with E-state index in [1.165, 1.54) is 18.2 Å². The van der Waals surface area contributed by atoms with E-state index >= 15 is 0 Å². The standard InChI is InChI=1S/C14H20FNO2/c1-2-3-4-8-14(10-16,13(17)18)11-6-5-7-12(15)9-11/h5-7,9H,2-4,8,10,16H2,1H3,(H,17,18). The zero-order valence-corrected chi connectivity index (χ0v) is 10.7. The van der Waals surface area contributed by atoms with Gasteiger partial charge >= 0.3 is 5.97 Å². The van der Waals surface area contributed by atoms with E-state index < -0.39 is 17.2 Å². The zero-order valence-electron chi connectivity index (χ0n) is 10.7.